The summed E-state index contributed by atoms with van der Waals surface area (Å²) in [4.78, 5) is 15.5. The average Bonchev–Trinajstić information content (AvgIpc) is 2.78. The van der Waals surface area contributed by atoms with Crippen molar-refractivity contribution in [2.45, 2.75) is 39.0 Å². The number of hydrogen-bond acceptors (Lipinski definition) is 2. The Balaban J connectivity index is 2.01. The van der Waals surface area contributed by atoms with Crippen molar-refractivity contribution in [2.24, 2.45) is 0 Å². The first kappa shape index (κ1) is 11.6. The number of amides is 1. The number of likely N-dealkylation sites (tertiary alicyclic amines) is 1. The van der Waals surface area contributed by atoms with E-state index in [-0.39, 0.29) is 5.91 Å². The number of thiophene rings is 1. The van der Waals surface area contributed by atoms with Crippen molar-refractivity contribution >= 4 is 17.2 Å². The molecule has 0 unspecified atom stereocenters. The highest BCUT2D eigenvalue weighted by atomic mass is 32.1. The van der Waals surface area contributed by atoms with Gasteiger partial charge in [0.1, 0.15) is 0 Å². The molecule has 2 heterocycles. The van der Waals surface area contributed by atoms with Crippen LogP contribution in [0.3, 0.4) is 0 Å². The molecule has 0 spiro atoms. The highest BCUT2D eigenvalue weighted by Gasteiger charge is 2.18. The summed E-state index contributed by atoms with van der Waals surface area (Å²) < 4.78 is 0. The number of rotatable bonds is 3. The Bertz CT molecular complexity index is 353. The monoisotopic (exact) mass is 237 g/mol. The first-order chi connectivity index (χ1) is 7.81. The first-order valence-electron chi connectivity index (χ1n) is 6.18. The summed E-state index contributed by atoms with van der Waals surface area (Å²) in [5.41, 5.74) is 0.898. The second-order valence-corrected chi connectivity index (χ2v) is 5.40. The maximum Gasteiger partial charge on any atom is 0.254 e. The molecule has 88 valence electrons. The van der Waals surface area contributed by atoms with Crippen molar-refractivity contribution in [1.82, 2.24) is 4.90 Å². The van der Waals surface area contributed by atoms with Gasteiger partial charge in [0.25, 0.3) is 5.91 Å². The maximum atomic E-state index is 12.1. The zero-order chi connectivity index (χ0) is 11.4. The molecule has 0 bridgehead atoms. The van der Waals surface area contributed by atoms with Crippen molar-refractivity contribution in [1.29, 1.82) is 0 Å². The first-order valence-corrected chi connectivity index (χ1v) is 7.06. The van der Waals surface area contributed by atoms with E-state index < -0.39 is 0 Å². The minimum Gasteiger partial charge on any atom is -0.339 e. The van der Waals surface area contributed by atoms with Crippen LogP contribution in [0, 0.1) is 0 Å². The van der Waals surface area contributed by atoms with Gasteiger partial charge in [-0.15, -0.1) is 11.3 Å². The van der Waals surface area contributed by atoms with Crippen LogP contribution in [0.4, 0.5) is 0 Å². The number of piperidine rings is 1. The Morgan fingerprint density at radius 3 is 2.81 bits per heavy atom. The van der Waals surface area contributed by atoms with E-state index in [2.05, 4.69) is 13.0 Å². The molecule has 0 saturated carbocycles. The van der Waals surface area contributed by atoms with E-state index >= 15 is 0 Å². The summed E-state index contributed by atoms with van der Waals surface area (Å²) in [6, 6.07) is 2.07. The lowest BCUT2D eigenvalue weighted by Crippen LogP contribution is -2.35. The molecule has 1 saturated heterocycles. The van der Waals surface area contributed by atoms with Crippen LogP contribution in [0.1, 0.15) is 47.8 Å². The zero-order valence-corrected chi connectivity index (χ0v) is 10.7. The van der Waals surface area contributed by atoms with Gasteiger partial charge >= 0.3 is 0 Å². The van der Waals surface area contributed by atoms with Gasteiger partial charge in [-0.1, -0.05) is 13.3 Å². The average molecular weight is 237 g/mol. The molecule has 1 fully saturated rings. The second kappa shape index (κ2) is 5.48. The van der Waals surface area contributed by atoms with Crippen LogP contribution in [0.2, 0.25) is 0 Å². The van der Waals surface area contributed by atoms with Crippen molar-refractivity contribution in [3.8, 4) is 0 Å². The Morgan fingerprint density at radius 2 is 2.12 bits per heavy atom. The van der Waals surface area contributed by atoms with E-state index in [1.165, 1.54) is 11.3 Å². The fourth-order valence-corrected chi connectivity index (χ4v) is 3.11. The summed E-state index contributed by atoms with van der Waals surface area (Å²) >= 11 is 1.72. The molecular weight excluding hydrogens is 218 g/mol. The molecule has 1 amide bonds. The Morgan fingerprint density at radius 1 is 1.38 bits per heavy atom. The predicted octanol–water partition coefficient (Wildman–Crippen LogP) is 3.33. The molecule has 16 heavy (non-hydrogen) atoms. The van der Waals surface area contributed by atoms with Crippen molar-refractivity contribution < 1.29 is 4.79 Å². The number of carbonyl (C=O) groups is 1. The fraction of sp³-hybridized carbons (Fsp3) is 0.615. The molecule has 0 aliphatic carbocycles. The molecule has 0 N–H and O–H groups in total. The predicted molar refractivity (Wildman–Crippen MR) is 68.1 cm³/mol. The summed E-state index contributed by atoms with van der Waals surface area (Å²) in [5, 5.41) is 2.02. The third-order valence-corrected chi connectivity index (χ3v) is 4.04. The minimum atomic E-state index is 0.235. The second-order valence-electron chi connectivity index (χ2n) is 4.40. The van der Waals surface area contributed by atoms with Crippen molar-refractivity contribution in [2.75, 3.05) is 13.1 Å². The zero-order valence-electron chi connectivity index (χ0n) is 9.87. The van der Waals surface area contributed by atoms with Gasteiger partial charge in [0, 0.05) is 23.3 Å². The van der Waals surface area contributed by atoms with Gasteiger partial charge in [0.05, 0.1) is 5.56 Å². The summed E-state index contributed by atoms with van der Waals surface area (Å²) in [7, 11) is 0. The maximum absolute atomic E-state index is 12.1. The largest absolute Gasteiger partial charge is 0.339 e. The van der Waals surface area contributed by atoms with Crippen LogP contribution in [0.5, 0.6) is 0 Å². The quantitative estimate of drug-likeness (QED) is 0.789. The third-order valence-electron chi connectivity index (χ3n) is 3.04. The van der Waals surface area contributed by atoms with Crippen LogP contribution in [-0.2, 0) is 6.42 Å². The van der Waals surface area contributed by atoms with E-state index in [1.807, 2.05) is 10.3 Å². The lowest BCUT2D eigenvalue weighted by Gasteiger charge is -2.26. The number of carbonyl (C=O) groups excluding carboxylic acids is 1. The Labute approximate surface area is 101 Å². The summed E-state index contributed by atoms with van der Waals surface area (Å²) in [6.45, 7) is 4.06. The molecule has 0 aromatic carbocycles. The van der Waals surface area contributed by atoms with Crippen LogP contribution in [-0.4, -0.2) is 23.9 Å². The molecule has 0 atom stereocenters. The topological polar surface area (TPSA) is 20.3 Å². The third kappa shape index (κ3) is 2.64. The Hall–Kier alpha value is -0.830. The van der Waals surface area contributed by atoms with Crippen LogP contribution in [0.15, 0.2) is 11.4 Å². The molecule has 1 aromatic rings. The van der Waals surface area contributed by atoms with Crippen LogP contribution >= 0.6 is 11.3 Å². The SMILES string of the molecule is CCCc1cc(C(=O)N2CCCCC2)cs1. The highest BCUT2D eigenvalue weighted by molar-refractivity contribution is 7.10. The van der Waals surface area contributed by atoms with E-state index in [4.69, 9.17) is 0 Å². The molecule has 1 aromatic heterocycles. The number of nitrogens with zero attached hydrogens (tertiary/aromatic N) is 1. The van der Waals surface area contributed by atoms with Crippen molar-refractivity contribution in [3.05, 3.63) is 21.9 Å². The number of aryl methyl sites for hydroxylation is 1. The van der Waals surface area contributed by atoms with E-state index in [9.17, 15) is 4.79 Å². The van der Waals surface area contributed by atoms with Gasteiger partial charge < -0.3 is 4.90 Å². The van der Waals surface area contributed by atoms with Gasteiger partial charge in [0.2, 0.25) is 0 Å². The molecule has 1 aliphatic heterocycles. The van der Waals surface area contributed by atoms with Crippen LogP contribution in [0.25, 0.3) is 0 Å². The van der Waals surface area contributed by atoms with Gasteiger partial charge in [-0.05, 0) is 31.7 Å². The fourth-order valence-electron chi connectivity index (χ4n) is 2.15. The standard InChI is InChI=1S/C13H19NOS/c1-2-6-12-9-11(10-16-12)13(15)14-7-4-3-5-8-14/h9-10H,2-8H2,1H3. The van der Waals surface area contributed by atoms with Crippen LogP contribution < -0.4 is 0 Å². The van der Waals surface area contributed by atoms with Gasteiger partial charge in [0.15, 0.2) is 0 Å². The number of hydrogen-bond donors (Lipinski definition) is 0. The lowest BCUT2D eigenvalue weighted by atomic mass is 10.1. The smallest absolute Gasteiger partial charge is 0.254 e. The molecular formula is C13H19NOS. The molecule has 1 aliphatic rings. The van der Waals surface area contributed by atoms with Gasteiger partial charge in [-0.2, -0.15) is 0 Å². The molecule has 0 radical (unpaired) electrons. The van der Waals surface area contributed by atoms with E-state index in [1.54, 1.807) is 11.3 Å². The molecule has 2 rings (SSSR count). The van der Waals surface area contributed by atoms with Gasteiger partial charge in [-0.3, -0.25) is 4.79 Å². The van der Waals surface area contributed by atoms with Crippen molar-refractivity contribution in [3.63, 3.8) is 0 Å². The van der Waals surface area contributed by atoms with Gasteiger partial charge in [-0.25, -0.2) is 0 Å². The molecule has 3 heteroatoms. The highest BCUT2D eigenvalue weighted by Crippen LogP contribution is 2.19. The Kier molecular flexibility index (Phi) is 3.99. The molecule has 2 nitrogen and oxygen atoms in total. The minimum absolute atomic E-state index is 0.235. The van der Waals surface area contributed by atoms with E-state index in [0.717, 1.165) is 44.3 Å². The normalized spacial score (nSPS) is 16.4. The lowest BCUT2D eigenvalue weighted by molar-refractivity contribution is 0.0725. The summed E-state index contributed by atoms with van der Waals surface area (Å²) in [6.07, 6.45) is 5.85. The summed E-state index contributed by atoms with van der Waals surface area (Å²) in [5.74, 6) is 0.235. The van der Waals surface area contributed by atoms with E-state index in [0.29, 0.717) is 0 Å².